The van der Waals surface area contributed by atoms with Gasteiger partial charge in [-0.2, -0.15) is 13.2 Å². The zero-order valence-electron chi connectivity index (χ0n) is 10.9. The second kappa shape index (κ2) is 7.86. The third kappa shape index (κ3) is 5.58. The molecule has 0 aliphatic heterocycles. The molecule has 1 rings (SSSR count). The average molecular weight is 290 g/mol. The topological polar surface area (TPSA) is 64.3 Å². The zero-order valence-corrected chi connectivity index (χ0v) is 10.9. The number of carbonyl (C=O) groups is 1. The molecule has 20 heavy (non-hydrogen) atoms. The van der Waals surface area contributed by atoms with Crippen LogP contribution in [0.2, 0.25) is 0 Å². The number of hydrogen-bond donors (Lipinski definition) is 2. The van der Waals surface area contributed by atoms with Crippen LogP contribution in [0.3, 0.4) is 0 Å². The van der Waals surface area contributed by atoms with E-state index in [1.54, 1.807) is 0 Å². The molecule has 0 bridgehead atoms. The Kier molecular flexibility index (Phi) is 6.47. The molecule has 0 aliphatic rings. The Morgan fingerprint density at radius 3 is 2.70 bits per heavy atom. The molecule has 0 spiro atoms. The molecule has 0 atom stereocenters. The van der Waals surface area contributed by atoms with Crippen molar-refractivity contribution < 1.29 is 22.7 Å². The highest BCUT2D eigenvalue weighted by molar-refractivity contribution is 5.94. The number of ether oxygens (including phenoxy) is 1. The standard InChI is InChI=1S/C13H17F3N2O2/c14-13(15,16)11-4-1-3-10(9-11)12(19)18-6-2-7-20-8-5-17/h1,3-4,9H,2,5-8,17H2,(H,18,19). The van der Waals surface area contributed by atoms with E-state index >= 15 is 0 Å². The molecule has 0 unspecified atom stereocenters. The van der Waals surface area contributed by atoms with Gasteiger partial charge in [-0.05, 0) is 24.6 Å². The first-order valence-corrected chi connectivity index (χ1v) is 6.18. The first-order chi connectivity index (χ1) is 9.45. The molecule has 1 aromatic carbocycles. The summed E-state index contributed by atoms with van der Waals surface area (Å²) in [5.74, 6) is -0.532. The maximum atomic E-state index is 12.5. The quantitative estimate of drug-likeness (QED) is 0.753. The van der Waals surface area contributed by atoms with Gasteiger partial charge < -0.3 is 15.8 Å². The van der Waals surface area contributed by atoms with Gasteiger partial charge in [0.2, 0.25) is 0 Å². The van der Waals surface area contributed by atoms with Crippen LogP contribution in [-0.2, 0) is 10.9 Å². The van der Waals surface area contributed by atoms with Crippen molar-refractivity contribution in [2.45, 2.75) is 12.6 Å². The van der Waals surface area contributed by atoms with E-state index in [1.807, 2.05) is 0 Å². The SMILES string of the molecule is NCCOCCCNC(=O)c1cccc(C(F)(F)F)c1. The Bertz CT molecular complexity index is 436. The summed E-state index contributed by atoms with van der Waals surface area (Å²) < 4.78 is 42.6. The van der Waals surface area contributed by atoms with Crippen molar-refractivity contribution >= 4 is 5.91 Å². The van der Waals surface area contributed by atoms with E-state index in [9.17, 15) is 18.0 Å². The third-order valence-corrected chi connectivity index (χ3v) is 2.47. The number of halogens is 3. The molecular weight excluding hydrogens is 273 g/mol. The molecule has 1 aromatic rings. The fraction of sp³-hybridized carbons (Fsp3) is 0.462. The molecule has 0 saturated heterocycles. The highest BCUT2D eigenvalue weighted by atomic mass is 19.4. The van der Waals surface area contributed by atoms with E-state index in [4.69, 9.17) is 10.5 Å². The molecule has 112 valence electrons. The van der Waals surface area contributed by atoms with Crippen molar-refractivity contribution in [3.05, 3.63) is 35.4 Å². The van der Waals surface area contributed by atoms with Crippen LogP contribution in [0.4, 0.5) is 13.2 Å². The van der Waals surface area contributed by atoms with Crippen LogP contribution >= 0.6 is 0 Å². The number of alkyl halides is 3. The average Bonchev–Trinajstić information content (AvgIpc) is 2.41. The zero-order chi connectivity index (χ0) is 15.0. The van der Waals surface area contributed by atoms with Crippen molar-refractivity contribution in [1.29, 1.82) is 0 Å². The summed E-state index contributed by atoms with van der Waals surface area (Å²) in [5, 5.41) is 2.54. The highest BCUT2D eigenvalue weighted by Crippen LogP contribution is 2.29. The lowest BCUT2D eigenvalue weighted by Crippen LogP contribution is -2.25. The molecule has 0 fully saturated rings. The van der Waals surface area contributed by atoms with Gasteiger partial charge in [-0.1, -0.05) is 6.07 Å². The van der Waals surface area contributed by atoms with E-state index < -0.39 is 17.6 Å². The second-order valence-electron chi connectivity index (χ2n) is 4.09. The third-order valence-electron chi connectivity index (χ3n) is 2.47. The lowest BCUT2D eigenvalue weighted by Gasteiger charge is -2.09. The predicted molar refractivity (Wildman–Crippen MR) is 68.3 cm³/mol. The number of carbonyl (C=O) groups excluding carboxylic acids is 1. The second-order valence-corrected chi connectivity index (χ2v) is 4.09. The van der Waals surface area contributed by atoms with Gasteiger partial charge >= 0.3 is 6.18 Å². The van der Waals surface area contributed by atoms with Gasteiger partial charge in [0, 0.05) is 25.3 Å². The molecule has 1 amide bonds. The number of hydrogen-bond acceptors (Lipinski definition) is 3. The molecule has 0 saturated carbocycles. The van der Waals surface area contributed by atoms with Crippen LogP contribution in [-0.4, -0.2) is 32.2 Å². The Morgan fingerprint density at radius 2 is 2.05 bits per heavy atom. The predicted octanol–water partition coefficient (Wildman–Crippen LogP) is 1.80. The monoisotopic (exact) mass is 290 g/mol. The van der Waals surface area contributed by atoms with Crippen molar-refractivity contribution in [2.75, 3.05) is 26.3 Å². The smallest absolute Gasteiger partial charge is 0.380 e. The number of nitrogens with two attached hydrogens (primary N) is 1. The fourth-order valence-corrected chi connectivity index (χ4v) is 1.50. The van der Waals surface area contributed by atoms with Gasteiger partial charge in [0.05, 0.1) is 12.2 Å². The van der Waals surface area contributed by atoms with Gasteiger partial charge in [-0.3, -0.25) is 4.79 Å². The summed E-state index contributed by atoms with van der Waals surface area (Å²) in [6.45, 7) is 1.65. The minimum Gasteiger partial charge on any atom is -0.380 e. The van der Waals surface area contributed by atoms with Crippen LogP contribution in [0.5, 0.6) is 0 Å². The lowest BCUT2D eigenvalue weighted by atomic mass is 10.1. The molecule has 0 aromatic heterocycles. The molecule has 0 aliphatic carbocycles. The van der Waals surface area contributed by atoms with Crippen molar-refractivity contribution in [1.82, 2.24) is 5.32 Å². The van der Waals surface area contributed by atoms with Crippen LogP contribution in [0.25, 0.3) is 0 Å². The van der Waals surface area contributed by atoms with Crippen LogP contribution < -0.4 is 11.1 Å². The molecule has 4 nitrogen and oxygen atoms in total. The van der Waals surface area contributed by atoms with E-state index in [0.717, 1.165) is 12.1 Å². The van der Waals surface area contributed by atoms with Crippen LogP contribution in [0.15, 0.2) is 24.3 Å². The molecular formula is C13H17F3N2O2. The maximum Gasteiger partial charge on any atom is 0.416 e. The Balaban J connectivity index is 2.44. The van der Waals surface area contributed by atoms with E-state index in [0.29, 0.717) is 32.7 Å². The van der Waals surface area contributed by atoms with Gasteiger partial charge in [0.25, 0.3) is 5.91 Å². The van der Waals surface area contributed by atoms with Crippen molar-refractivity contribution in [3.63, 3.8) is 0 Å². The van der Waals surface area contributed by atoms with E-state index in [-0.39, 0.29) is 5.56 Å². The van der Waals surface area contributed by atoms with Crippen molar-refractivity contribution in [3.8, 4) is 0 Å². The van der Waals surface area contributed by atoms with Crippen LogP contribution in [0.1, 0.15) is 22.3 Å². The highest BCUT2D eigenvalue weighted by Gasteiger charge is 2.30. The summed E-state index contributed by atoms with van der Waals surface area (Å²) in [5.41, 5.74) is 4.38. The van der Waals surface area contributed by atoms with Crippen molar-refractivity contribution in [2.24, 2.45) is 5.73 Å². The summed E-state index contributed by atoms with van der Waals surface area (Å²) in [6.07, 6.45) is -3.88. The van der Waals surface area contributed by atoms with Gasteiger partial charge in [-0.15, -0.1) is 0 Å². The summed E-state index contributed by atoms with van der Waals surface area (Å²) >= 11 is 0. The molecule has 7 heteroatoms. The minimum absolute atomic E-state index is 0.0114. The maximum absolute atomic E-state index is 12.5. The van der Waals surface area contributed by atoms with Crippen LogP contribution in [0, 0.1) is 0 Å². The summed E-state index contributed by atoms with van der Waals surface area (Å²) in [6, 6.07) is 4.31. The van der Waals surface area contributed by atoms with Gasteiger partial charge in [0.1, 0.15) is 0 Å². The van der Waals surface area contributed by atoms with Gasteiger partial charge in [-0.25, -0.2) is 0 Å². The largest absolute Gasteiger partial charge is 0.416 e. The lowest BCUT2D eigenvalue weighted by molar-refractivity contribution is -0.137. The molecule has 0 heterocycles. The summed E-state index contributed by atoms with van der Waals surface area (Å²) in [7, 11) is 0. The minimum atomic E-state index is -4.45. The Labute approximate surface area is 115 Å². The number of amides is 1. The Morgan fingerprint density at radius 1 is 1.30 bits per heavy atom. The first kappa shape index (κ1) is 16.5. The molecule has 0 radical (unpaired) electrons. The van der Waals surface area contributed by atoms with E-state index in [1.165, 1.54) is 12.1 Å². The number of nitrogens with one attached hydrogen (secondary N) is 1. The number of rotatable bonds is 7. The van der Waals surface area contributed by atoms with Gasteiger partial charge in [0.15, 0.2) is 0 Å². The molecule has 3 N–H and O–H groups in total. The first-order valence-electron chi connectivity index (χ1n) is 6.18. The Hall–Kier alpha value is -1.60. The fourth-order valence-electron chi connectivity index (χ4n) is 1.50. The number of benzene rings is 1. The van der Waals surface area contributed by atoms with E-state index in [2.05, 4.69) is 5.32 Å². The normalized spacial score (nSPS) is 11.4. The summed E-state index contributed by atoms with van der Waals surface area (Å²) in [4.78, 5) is 11.7.